The number of thiophene rings is 1. The summed E-state index contributed by atoms with van der Waals surface area (Å²) in [6.45, 7) is 0. The smallest absolute Gasteiger partial charge is 0.135 e. The van der Waals surface area contributed by atoms with Gasteiger partial charge in [0.05, 0.1) is 0 Å². The Bertz CT molecular complexity index is 519. The zero-order chi connectivity index (χ0) is 12.4. The van der Waals surface area contributed by atoms with Gasteiger partial charge < -0.3 is 0 Å². The van der Waals surface area contributed by atoms with E-state index in [4.69, 9.17) is 16.6 Å². The maximum absolute atomic E-state index is 6.12. The third-order valence-corrected chi connectivity index (χ3v) is 4.52. The van der Waals surface area contributed by atoms with E-state index in [2.05, 4.69) is 22.5 Å². The van der Waals surface area contributed by atoms with Gasteiger partial charge in [-0.2, -0.15) is 0 Å². The van der Waals surface area contributed by atoms with Crippen molar-refractivity contribution in [1.82, 2.24) is 9.97 Å². The van der Waals surface area contributed by atoms with Gasteiger partial charge in [-0.15, -0.1) is 11.3 Å². The Labute approximate surface area is 116 Å². The molecule has 3 rings (SSSR count). The highest BCUT2D eigenvalue weighted by Crippen LogP contribution is 2.33. The van der Waals surface area contributed by atoms with Crippen LogP contribution in [-0.4, -0.2) is 9.97 Å². The highest BCUT2D eigenvalue weighted by atomic mass is 35.5. The molecule has 0 radical (unpaired) electrons. The highest BCUT2D eigenvalue weighted by molar-refractivity contribution is 7.09. The van der Waals surface area contributed by atoms with Gasteiger partial charge in [-0.25, -0.2) is 9.97 Å². The summed E-state index contributed by atoms with van der Waals surface area (Å²) in [4.78, 5) is 10.3. The fourth-order valence-corrected chi connectivity index (χ4v) is 3.47. The molecule has 0 spiro atoms. The van der Waals surface area contributed by atoms with Crippen LogP contribution in [0.1, 0.15) is 48.0 Å². The second-order valence-corrected chi connectivity index (χ2v) is 6.19. The Morgan fingerprint density at radius 2 is 2.11 bits per heavy atom. The van der Waals surface area contributed by atoms with Crippen LogP contribution < -0.4 is 0 Å². The number of hydrogen-bond donors (Lipinski definition) is 0. The van der Waals surface area contributed by atoms with Crippen molar-refractivity contribution < 1.29 is 0 Å². The molecule has 1 aliphatic rings. The first-order valence-electron chi connectivity index (χ1n) is 6.37. The number of hydrogen-bond acceptors (Lipinski definition) is 3. The van der Waals surface area contributed by atoms with Crippen molar-refractivity contribution in [2.75, 3.05) is 0 Å². The molecule has 0 aliphatic heterocycles. The summed E-state index contributed by atoms with van der Waals surface area (Å²) >= 11 is 7.86. The maximum atomic E-state index is 6.12. The van der Waals surface area contributed by atoms with Crippen molar-refractivity contribution in [3.63, 3.8) is 0 Å². The fraction of sp³-hybridized carbons (Fsp3) is 0.429. The maximum Gasteiger partial charge on any atom is 0.135 e. The number of rotatable bonds is 3. The van der Waals surface area contributed by atoms with Crippen LogP contribution in [0.25, 0.3) is 0 Å². The van der Waals surface area contributed by atoms with Gasteiger partial charge in [0.2, 0.25) is 0 Å². The van der Waals surface area contributed by atoms with Crippen molar-refractivity contribution in [2.45, 2.75) is 38.0 Å². The summed E-state index contributed by atoms with van der Waals surface area (Å²) < 4.78 is 0. The Balaban J connectivity index is 1.85. The highest BCUT2D eigenvalue weighted by Gasteiger charge is 2.19. The van der Waals surface area contributed by atoms with Crippen LogP contribution in [-0.2, 0) is 6.42 Å². The van der Waals surface area contributed by atoms with Crippen LogP contribution in [0.4, 0.5) is 0 Å². The number of aromatic nitrogens is 2. The van der Waals surface area contributed by atoms with Crippen LogP contribution in [0.3, 0.4) is 0 Å². The summed E-state index contributed by atoms with van der Waals surface area (Å²) in [7, 11) is 0. The molecule has 0 bridgehead atoms. The molecular formula is C14H15ClN2S. The second kappa shape index (κ2) is 5.37. The predicted molar refractivity (Wildman–Crippen MR) is 75.4 cm³/mol. The van der Waals surface area contributed by atoms with E-state index in [0.29, 0.717) is 11.1 Å². The van der Waals surface area contributed by atoms with Gasteiger partial charge in [-0.1, -0.05) is 30.5 Å². The average molecular weight is 279 g/mol. The molecular weight excluding hydrogens is 264 g/mol. The summed E-state index contributed by atoms with van der Waals surface area (Å²) in [5, 5.41) is 2.66. The first-order chi connectivity index (χ1) is 8.81. The first-order valence-corrected chi connectivity index (χ1v) is 7.63. The standard InChI is InChI=1S/C14H15ClN2S/c15-13-9-12(10-4-1-2-5-10)16-14(17-13)8-11-6-3-7-18-11/h3,6-7,9-10H,1-2,4-5,8H2. The van der Waals surface area contributed by atoms with Crippen LogP contribution >= 0.6 is 22.9 Å². The van der Waals surface area contributed by atoms with Gasteiger partial charge in [0.1, 0.15) is 11.0 Å². The van der Waals surface area contributed by atoms with E-state index >= 15 is 0 Å². The summed E-state index contributed by atoms with van der Waals surface area (Å²) in [6, 6.07) is 6.11. The average Bonchev–Trinajstić information content (AvgIpc) is 3.00. The molecule has 0 unspecified atom stereocenters. The van der Waals surface area contributed by atoms with Gasteiger partial charge in [-0.05, 0) is 30.4 Å². The van der Waals surface area contributed by atoms with Crippen LogP contribution in [0.15, 0.2) is 23.6 Å². The van der Waals surface area contributed by atoms with E-state index in [1.807, 2.05) is 6.07 Å². The Morgan fingerprint density at radius 1 is 1.28 bits per heavy atom. The molecule has 0 atom stereocenters. The lowest BCUT2D eigenvalue weighted by molar-refractivity contribution is 0.686. The summed E-state index contributed by atoms with van der Waals surface area (Å²) in [6.07, 6.45) is 5.90. The van der Waals surface area contributed by atoms with Crippen molar-refractivity contribution in [3.05, 3.63) is 45.1 Å². The molecule has 2 aromatic heterocycles. The lowest BCUT2D eigenvalue weighted by Gasteiger charge is -2.10. The van der Waals surface area contributed by atoms with E-state index < -0.39 is 0 Å². The summed E-state index contributed by atoms with van der Waals surface area (Å²) in [5.41, 5.74) is 1.14. The Kier molecular flexibility index (Phi) is 3.62. The van der Waals surface area contributed by atoms with Gasteiger partial charge in [0.15, 0.2) is 0 Å². The van der Waals surface area contributed by atoms with Crippen LogP contribution in [0.5, 0.6) is 0 Å². The lowest BCUT2D eigenvalue weighted by Crippen LogP contribution is -2.03. The van der Waals surface area contributed by atoms with Crippen LogP contribution in [0.2, 0.25) is 5.15 Å². The molecule has 2 aromatic rings. The first kappa shape index (κ1) is 12.1. The monoisotopic (exact) mass is 278 g/mol. The van der Waals surface area contributed by atoms with E-state index in [9.17, 15) is 0 Å². The zero-order valence-corrected chi connectivity index (χ0v) is 11.7. The largest absolute Gasteiger partial charge is 0.237 e. The topological polar surface area (TPSA) is 25.8 Å². The minimum absolute atomic E-state index is 0.582. The molecule has 0 amide bonds. The van der Waals surface area contributed by atoms with Crippen molar-refractivity contribution in [2.24, 2.45) is 0 Å². The summed E-state index contributed by atoms with van der Waals surface area (Å²) in [5.74, 6) is 1.44. The molecule has 0 N–H and O–H groups in total. The van der Waals surface area contributed by atoms with Crippen molar-refractivity contribution >= 4 is 22.9 Å². The molecule has 2 heterocycles. The SMILES string of the molecule is Clc1cc(C2CCCC2)nc(Cc2cccs2)n1. The normalized spacial score (nSPS) is 16.3. The van der Waals surface area contributed by atoms with Crippen LogP contribution in [0, 0.1) is 0 Å². The molecule has 1 saturated carbocycles. The quantitative estimate of drug-likeness (QED) is 0.776. The molecule has 0 saturated heterocycles. The minimum Gasteiger partial charge on any atom is -0.237 e. The molecule has 94 valence electrons. The molecule has 4 heteroatoms. The van der Waals surface area contributed by atoms with Gasteiger partial charge in [0, 0.05) is 22.9 Å². The van der Waals surface area contributed by atoms with Crippen molar-refractivity contribution in [1.29, 1.82) is 0 Å². The van der Waals surface area contributed by atoms with E-state index in [1.165, 1.54) is 30.6 Å². The Hall–Kier alpha value is -0.930. The van der Waals surface area contributed by atoms with Gasteiger partial charge >= 0.3 is 0 Å². The van der Waals surface area contributed by atoms with E-state index in [1.54, 1.807) is 11.3 Å². The zero-order valence-electron chi connectivity index (χ0n) is 10.1. The lowest BCUT2D eigenvalue weighted by atomic mass is 10.0. The van der Waals surface area contributed by atoms with Gasteiger partial charge in [0.25, 0.3) is 0 Å². The third-order valence-electron chi connectivity index (χ3n) is 3.45. The van der Waals surface area contributed by atoms with E-state index in [-0.39, 0.29) is 0 Å². The van der Waals surface area contributed by atoms with E-state index in [0.717, 1.165) is 17.9 Å². The number of nitrogens with zero attached hydrogens (tertiary/aromatic N) is 2. The molecule has 18 heavy (non-hydrogen) atoms. The van der Waals surface area contributed by atoms with Crippen molar-refractivity contribution in [3.8, 4) is 0 Å². The fourth-order valence-electron chi connectivity index (χ4n) is 2.56. The van der Waals surface area contributed by atoms with Gasteiger partial charge in [-0.3, -0.25) is 0 Å². The molecule has 0 aromatic carbocycles. The number of halogens is 1. The minimum atomic E-state index is 0.582. The molecule has 1 fully saturated rings. The Morgan fingerprint density at radius 3 is 2.83 bits per heavy atom. The molecule has 1 aliphatic carbocycles. The predicted octanol–water partition coefficient (Wildman–Crippen LogP) is 4.44. The molecule has 2 nitrogen and oxygen atoms in total. The second-order valence-electron chi connectivity index (χ2n) is 4.77. The third kappa shape index (κ3) is 2.73.